The molecule has 0 radical (unpaired) electrons. The average molecular weight is 262 g/mol. The Balaban J connectivity index is 1.78. The van der Waals surface area contributed by atoms with E-state index in [0.29, 0.717) is 6.29 Å². The summed E-state index contributed by atoms with van der Waals surface area (Å²) < 4.78 is 4.99. The van der Waals surface area contributed by atoms with E-state index in [2.05, 4.69) is 10.6 Å². The second-order valence-corrected chi connectivity index (χ2v) is 4.20. The van der Waals surface area contributed by atoms with Crippen molar-refractivity contribution in [1.82, 2.24) is 10.6 Å². The van der Waals surface area contributed by atoms with Crippen molar-refractivity contribution in [2.24, 2.45) is 0 Å². The van der Waals surface area contributed by atoms with Crippen molar-refractivity contribution in [3.8, 4) is 0 Å². The first-order chi connectivity index (χ1) is 9.20. The third kappa shape index (κ3) is 3.31. The van der Waals surface area contributed by atoms with Gasteiger partial charge in [-0.2, -0.15) is 0 Å². The van der Waals surface area contributed by atoms with Gasteiger partial charge in [-0.25, -0.2) is 4.79 Å². The van der Waals surface area contributed by atoms with Crippen molar-refractivity contribution in [2.45, 2.75) is 25.1 Å². The van der Waals surface area contributed by atoms with Crippen molar-refractivity contribution in [1.29, 1.82) is 0 Å². The molecule has 2 N–H and O–H groups in total. The van der Waals surface area contributed by atoms with Gasteiger partial charge < -0.3 is 20.2 Å². The van der Waals surface area contributed by atoms with Crippen LogP contribution in [0.3, 0.4) is 0 Å². The van der Waals surface area contributed by atoms with Gasteiger partial charge in [0.25, 0.3) is 0 Å². The molecule has 0 bridgehead atoms. The first kappa shape index (κ1) is 13.1. The maximum absolute atomic E-state index is 11.5. The van der Waals surface area contributed by atoms with Crippen molar-refractivity contribution in [2.75, 3.05) is 0 Å². The first-order valence-corrected chi connectivity index (χ1v) is 5.92. The molecule has 6 heteroatoms. The fourth-order valence-corrected chi connectivity index (χ4v) is 1.80. The molecule has 0 spiro atoms. The molecule has 0 unspecified atom stereocenters. The van der Waals surface area contributed by atoms with Crippen LogP contribution in [-0.4, -0.2) is 30.4 Å². The molecular weight excluding hydrogens is 248 g/mol. The molecule has 1 fully saturated rings. The standard InChI is InChI=1S/C13H14N2O4/c16-7-6-10-11(12(17)14-10)15-13(18)19-8-9-4-2-1-3-5-9/h1-5,7,10-11H,6,8H2,(H,14,17)(H,15,18)/t10-,11+/m1/s1. The zero-order chi connectivity index (χ0) is 13.7. The van der Waals surface area contributed by atoms with Gasteiger partial charge in [0.15, 0.2) is 0 Å². The lowest BCUT2D eigenvalue weighted by Gasteiger charge is -2.35. The number of nitrogens with one attached hydrogen (secondary N) is 2. The summed E-state index contributed by atoms with van der Waals surface area (Å²) in [6, 6.07) is 8.19. The molecule has 1 heterocycles. The molecule has 2 amide bonds. The number of aldehydes is 1. The third-order valence-electron chi connectivity index (χ3n) is 2.85. The number of rotatable bonds is 5. The molecule has 1 saturated heterocycles. The van der Waals surface area contributed by atoms with Crippen molar-refractivity contribution in [3.63, 3.8) is 0 Å². The summed E-state index contributed by atoms with van der Waals surface area (Å²) in [4.78, 5) is 33.1. The van der Waals surface area contributed by atoms with Crippen LogP contribution in [0.2, 0.25) is 0 Å². The SMILES string of the molecule is O=CC[C@H]1NC(=O)[C@H]1NC(=O)OCc1ccccc1. The second-order valence-electron chi connectivity index (χ2n) is 4.20. The highest BCUT2D eigenvalue weighted by atomic mass is 16.5. The van der Waals surface area contributed by atoms with Gasteiger partial charge in [0.2, 0.25) is 5.91 Å². The number of carbonyl (C=O) groups is 3. The molecule has 1 aliphatic rings. The third-order valence-corrected chi connectivity index (χ3v) is 2.85. The molecule has 1 aromatic rings. The topological polar surface area (TPSA) is 84.5 Å². The molecule has 2 atom stereocenters. The Hall–Kier alpha value is -2.37. The lowest BCUT2D eigenvalue weighted by Crippen LogP contribution is -2.69. The van der Waals surface area contributed by atoms with Crippen molar-refractivity contribution >= 4 is 18.3 Å². The van der Waals surface area contributed by atoms with E-state index in [9.17, 15) is 14.4 Å². The summed E-state index contributed by atoms with van der Waals surface area (Å²) in [6.07, 6.45) is 0.211. The van der Waals surface area contributed by atoms with E-state index in [-0.39, 0.29) is 25.0 Å². The highest BCUT2D eigenvalue weighted by Gasteiger charge is 2.40. The normalized spacial score (nSPS) is 20.9. The van der Waals surface area contributed by atoms with E-state index in [1.165, 1.54) is 0 Å². The van der Waals surface area contributed by atoms with Gasteiger partial charge in [-0.05, 0) is 5.56 Å². The van der Waals surface area contributed by atoms with E-state index in [0.717, 1.165) is 5.56 Å². The van der Waals surface area contributed by atoms with Crippen LogP contribution in [0.1, 0.15) is 12.0 Å². The van der Waals surface area contributed by atoms with Crippen LogP contribution in [0, 0.1) is 0 Å². The Morgan fingerprint density at radius 1 is 1.37 bits per heavy atom. The molecule has 1 aromatic carbocycles. The molecule has 0 aromatic heterocycles. The predicted octanol–water partition coefficient (Wildman–Crippen LogP) is 0.369. The van der Waals surface area contributed by atoms with E-state index in [4.69, 9.17) is 4.74 Å². The van der Waals surface area contributed by atoms with Gasteiger partial charge in [0.1, 0.15) is 18.9 Å². The van der Waals surface area contributed by atoms with Crippen LogP contribution >= 0.6 is 0 Å². The number of amides is 2. The van der Waals surface area contributed by atoms with Crippen LogP contribution in [0.5, 0.6) is 0 Å². The summed E-state index contributed by atoms with van der Waals surface area (Å²) in [6.45, 7) is 0.138. The van der Waals surface area contributed by atoms with Crippen LogP contribution < -0.4 is 10.6 Å². The van der Waals surface area contributed by atoms with Gasteiger partial charge in [0, 0.05) is 6.42 Å². The molecule has 19 heavy (non-hydrogen) atoms. The fraction of sp³-hybridized carbons (Fsp3) is 0.308. The largest absolute Gasteiger partial charge is 0.445 e. The van der Waals surface area contributed by atoms with Crippen LogP contribution in [0.15, 0.2) is 30.3 Å². The van der Waals surface area contributed by atoms with Crippen LogP contribution in [-0.2, 0) is 20.9 Å². The predicted molar refractivity (Wildman–Crippen MR) is 66.2 cm³/mol. The Kier molecular flexibility index (Phi) is 4.12. The lowest BCUT2D eigenvalue weighted by molar-refractivity contribution is -0.132. The smallest absolute Gasteiger partial charge is 0.408 e. The molecule has 1 aliphatic heterocycles. The van der Waals surface area contributed by atoms with Crippen molar-refractivity contribution in [3.05, 3.63) is 35.9 Å². The minimum atomic E-state index is -0.687. The quantitative estimate of drug-likeness (QED) is 0.593. The number of carbonyl (C=O) groups excluding carboxylic acids is 3. The van der Waals surface area contributed by atoms with Crippen molar-refractivity contribution < 1.29 is 19.1 Å². The summed E-state index contributed by atoms with van der Waals surface area (Å²) in [5, 5.41) is 4.97. The first-order valence-electron chi connectivity index (χ1n) is 5.92. The number of benzene rings is 1. The Morgan fingerprint density at radius 3 is 2.74 bits per heavy atom. The zero-order valence-electron chi connectivity index (χ0n) is 10.2. The van der Waals surface area contributed by atoms with Crippen LogP contribution in [0.4, 0.5) is 4.79 Å². The maximum atomic E-state index is 11.5. The average Bonchev–Trinajstić information content (AvgIpc) is 2.43. The van der Waals surface area contributed by atoms with E-state index < -0.39 is 12.1 Å². The van der Waals surface area contributed by atoms with Gasteiger partial charge in [0.05, 0.1) is 6.04 Å². The monoisotopic (exact) mass is 262 g/mol. The zero-order valence-corrected chi connectivity index (χ0v) is 10.2. The van der Waals surface area contributed by atoms with E-state index >= 15 is 0 Å². The lowest BCUT2D eigenvalue weighted by atomic mass is 9.97. The van der Waals surface area contributed by atoms with Gasteiger partial charge in [-0.1, -0.05) is 30.3 Å². The fourth-order valence-electron chi connectivity index (χ4n) is 1.80. The maximum Gasteiger partial charge on any atom is 0.408 e. The number of hydrogen-bond acceptors (Lipinski definition) is 4. The summed E-state index contributed by atoms with van der Waals surface area (Å²) in [7, 11) is 0. The minimum Gasteiger partial charge on any atom is -0.445 e. The Labute approximate surface area is 110 Å². The van der Waals surface area contributed by atoms with Gasteiger partial charge in [-0.15, -0.1) is 0 Å². The number of ether oxygens (including phenoxy) is 1. The summed E-state index contributed by atoms with van der Waals surface area (Å²) in [5.74, 6) is -0.302. The summed E-state index contributed by atoms with van der Waals surface area (Å²) >= 11 is 0. The summed E-state index contributed by atoms with van der Waals surface area (Å²) in [5.41, 5.74) is 0.861. The second kappa shape index (κ2) is 5.99. The Morgan fingerprint density at radius 2 is 2.11 bits per heavy atom. The number of β-lactam (4-membered cyclic amide) rings is 1. The molecule has 100 valence electrons. The molecular formula is C13H14N2O4. The molecule has 6 nitrogen and oxygen atoms in total. The van der Waals surface area contributed by atoms with E-state index in [1.807, 2.05) is 30.3 Å². The highest BCUT2D eigenvalue weighted by Crippen LogP contribution is 2.09. The number of alkyl carbamates (subject to hydrolysis) is 1. The Bertz CT molecular complexity index is 473. The van der Waals surface area contributed by atoms with Gasteiger partial charge in [-0.3, -0.25) is 4.79 Å². The minimum absolute atomic E-state index is 0.138. The van der Waals surface area contributed by atoms with Gasteiger partial charge >= 0.3 is 6.09 Å². The van der Waals surface area contributed by atoms with E-state index in [1.54, 1.807) is 0 Å². The van der Waals surface area contributed by atoms with Crippen LogP contribution in [0.25, 0.3) is 0 Å². The molecule has 2 rings (SSSR count). The molecule has 0 aliphatic carbocycles. The number of hydrogen-bond donors (Lipinski definition) is 2. The highest BCUT2D eigenvalue weighted by molar-refractivity contribution is 5.92. The molecule has 0 saturated carbocycles.